The van der Waals surface area contributed by atoms with Crippen LogP contribution in [0.3, 0.4) is 0 Å². The van der Waals surface area contributed by atoms with Crippen molar-refractivity contribution in [2.45, 2.75) is 164 Å². The van der Waals surface area contributed by atoms with Gasteiger partial charge in [0.1, 0.15) is 6.10 Å². The molecule has 5 fully saturated rings. The number of nitrogens with zero attached hydrogens (tertiary/aromatic N) is 1. The number of unbranched alkanes of at least 4 members (excludes halogenated alkanes) is 4. The molecule has 0 radical (unpaired) electrons. The average molecular weight is 693 g/mol. The number of allylic oxidation sites excluding steroid dienone is 1. The van der Waals surface area contributed by atoms with E-state index in [1.165, 1.54) is 31.3 Å². The zero-order chi connectivity index (χ0) is 36.5. The summed E-state index contributed by atoms with van der Waals surface area (Å²) in [6.07, 6.45) is 17.0. The number of nitrogens with two attached hydrogens (primary N) is 1. The molecule has 10 atom stereocenters. The predicted octanol–water partition coefficient (Wildman–Crippen LogP) is 9.24. The quantitative estimate of drug-likeness (QED) is 0.121. The third-order valence-corrected chi connectivity index (χ3v) is 16.1. The van der Waals surface area contributed by atoms with Crippen LogP contribution in [-0.2, 0) is 19.1 Å². The summed E-state index contributed by atoms with van der Waals surface area (Å²) in [5.74, 6) is 2.52. The van der Waals surface area contributed by atoms with Gasteiger partial charge in [0.25, 0.3) is 6.07 Å². The zero-order valence-electron chi connectivity index (χ0n) is 32.8. The second kappa shape index (κ2) is 15.0. The third kappa shape index (κ3) is 6.74. The highest BCUT2D eigenvalue weighted by Crippen LogP contribution is 2.77. The number of rotatable bonds is 12. The van der Waals surface area contributed by atoms with E-state index < -0.39 is 0 Å². The maximum atomic E-state index is 14.4. The van der Waals surface area contributed by atoms with Crippen LogP contribution in [0.5, 0.6) is 0 Å². The van der Waals surface area contributed by atoms with E-state index in [1.807, 2.05) is 0 Å². The Hall–Kier alpha value is -2.20. The minimum atomic E-state index is -0.288. The molecule has 0 bridgehead atoms. The molecule has 0 aromatic carbocycles. The van der Waals surface area contributed by atoms with Crippen LogP contribution >= 0.6 is 0 Å². The monoisotopic (exact) mass is 693 g/mol. The van der Waals surface area contributed by atoms with Crippen LogP contribution in [0.15, 0.2) is 12.2 Å². The first-order valence-corrected chi connectivity index (χ1v) is 20.4. The fraction of sp³-hybridized carbons (Fsp3) is 0.860. The molecule has 0 aliphatic heterocycles. The number of ether oxygens (including phenoxy) is 1. The molecule has 7 nitrogen and oxygen atoms in total. The van der Waals surface area contributed by atoms with Gasteiger partial charge in [0.15, 0.2) is 0 Å². The van der Waals surface area contributed by atoms with Crippen LogP contribution < -0.4 is 11.1 Å². The predicted molar refractivity (Wildman–Crippen MR) is 201 cm³/mol. The van der Waals surface area contributed by atoms with Gasteiger partial charge in [-0.25, -0.2) is 4.79 Å². The standard InChI is InChI=1S/C43H69N3O4/c1-29(2)31-18-23-43(38(49)46-27-13-11-9-10-12-15-36(48)45-28-14-26-44)25-24-41(7)32(37(31)43)16-17-34-40(6)21-20-35(50-30(3)47)39(4,5)33(40)19-22-42(34,41)8/h31-35,37H,1,9-27,44H2,2-8H3/p+1/t31-,32+,33-,34?,35-,37+,40-,41+,42+,43-/m0/s1. The number of nitrogens with one attached hydrogen (secondary N) is 1. The van der Waals surface area contributed by atoms with Crippen LogP contribution in [0.2, 0.25) is 0 Å². The van der Waals surface area contributed by atoms with E-state index in [0.717, 1.165) is 77.2 Å². The van der Waals surface area contributed by atoms with Crippen LogP contribution in [-0.4, -0.2) is 37.0 Å². The largest absolute Gasteiger partial charge is 0.514 e. The average Bonchev–Trinajstić information content (AvgIpc) is 3.45. The molecule has 0 saturated heterocycles. The lowest BCUT2D eigenvalue weighted by atomic mass is 9.32. The molecule has 0 spiro atoms. The van der Waals surface area contributed by atoms with E-state index in [4.69, 9.17) is 10.5 Å². The van der Waals surface area contributed by atoms with Crippen molar-refractivity contribution in [3.63, 3.8) is 0 Å². The van der Waals surface area contributed by atoms with Crippen molar-refractivity contribution in [2.75, 3.05) is 13.1 Å². The van der Waals surface area contributed by atoms with Crippen molar-refractivity contribution in [3.8, 4) is 6.07 Å². The van der Waals surface area contributed by atoms with Crippen LogP contribution in [0.1, 0.15) is 158 Å². The molecule has 2 amide bonds. The Morgan fingerprint density at radius 1 is 0.840 bits per heavy atom. The SMILES string of the molecule is C=C(C)[C@@H]1CC[C@]2(C(=O)NCCCCCCCC(=O)[N+]#CCCN)CC[C@]3(C)[C@H](CCC4[C@@]5(C)CC[C@H](OC(C)=O)C(C)(C)[C@@H]5CC[C@]43C)[C@@H]12. The van der Waals surface area contributed by atoms with Gasteiger partial charge >= 0.3 is 11.9 Å². The molecular formula is C43H70N3O4+. The molecule has 5 saturated carbocycles. The molecule has 1 unspecified atom stereocenters. The topological polar surface area (TPSA) is 103 Å². The number of esters is 1. The molecule has 0 aromatic heterocycles. The number of fused-ring (bicyclic) bond motifs is 7. The van der Waals surface area contributed by atoms with Gasteiger partial charge in [-0.15, -0.1) is 0 Å². The number of hydrogen-bond acceptors (Lipinski definition) is 5. The minimum Gasteiger partial charge on any atom is -0.462 e. The van der Waals surface area contributed by atoms with E-state index in [2.05, 4.69) is 64.4 Å². The summed E-state index contributed by atoms with van der Waals surface area (Å²) < 4.78 is 5.96. The Kier molecular flexibility index (Phi) is 11.7. The first-order valence-electron chi connectivity index (χ1n) is 20.4. The van der Waals surface area contributed by atoms with Gasteiger partial charge < -0.3 is 15.8 Å². The van der Waals surface area contributed by atoms with E-state index in [9.17, 15) is 14.4 Å². The smallest absolute Gasteiger partial charge is 0.462 e. The molecule has 50 heavy (non-hydrogen) atoms. The molecule has 3 N–H and O–H groups in total. The van der Waals surface area contributed by atoms with Gasteiger partial charge in [-0.2, -0.15) is 0 Å². The zero-order valence-corrected chi connectivity index (χ0v) is 32.8. The summed E-state index contributed by atoms with van der Waals surface area (Å²) in [7, 11) is 0. The second-order valence-corrected chi connectivity index (χ2v) is 18.8. The van der Waals surface area contributed by atoms with Crippen molar-refractivity contribution in [1.29, 1.82) is 0 Å². The van der Waals surface area contributed by atoms with Crippen molar-refractivity contribution in [1.82, 2.24) is 5.32 Å². The maximum absolute atomic E-state index is 14.4. The Morgan fingerprint density at radius 2 is 1.56 bits per heavy atom. The summed E-state index contributed by atoms with van der Waals surface area (Å²) in [5.41, 5.74) is 6.99. The van der Waals surface area contributed by atoms with Gasteiger partial charge in [-0.05, 0) is 130 Å². The number of carbonyl (C=O) groups excluding carboxylic acids is 3. The van der Waals surface area contributed by atoms with Crippen molar-refractivity contribution in [3.05, 3.63) is 17.0 Å². The van der Waals surface area contributed by atoms with Crippen molar-refractivity contribution in [2.24, 2.45) is 62.4 Å². The van der Waals surface area contributed by atoms with Crippen LogP contribution in [0, 0.1) is 62.7 Å². The molecule has 7 heteroatoms. The Morgan fingerprint density at radius 3 is 2.26 bits per heavy atom. The minimum absolute atomic E-state index is 0.000558. The van der Waals surface area contributed by atoms with Gasteiger partial charge in [0.05, 0.1) is 18.3 Å². The Balaban J connectivity index is 1.25. The Bertz CT molecular complexity index is 1360. The lowest BCUT2D eigenvalue weighted by Gasteiger charge is -2.72. The highest BCUT2D eigenvalue weighted by Gasteiger charge is 2.72. The van der Waals surface area contributed by atoms with Gasteiger partial charge in [0.2, 0.25) is 5.91 Å². The molecule has 0 heterocycles. The molecule has 5 rings (SSSR count). The van der Waals surface area contributed by atoms with Crippen molar-refractivity contribution < 1.29 is 19.1 Å². The van der Waals surface area contributed by atoms with Crippen molar-refractivity contribution >= 4 is 17.8 Å². The van der Waals surface area contributed by atoms with E-state index in [0.29, 0.717) is 54.9 Å². The fourth-order valence-electron chi connectivity index (χ4n) is 13.5. The summed E-state index contributed by atoms with van der Waals surface area (Å²) in [6, 6.07) is 2.71. The van der Waals surface area contributed by atoms with Crippen LogP contribution in [0.4, 0.5) is 0 Å². The van der Waals surface area contributed by atoms with E-state index >= 15 is 0 Å². The molecule has 280 valence electrons. The summed E-state index contributed by atoms with van der Waals surface area (Å²) >= 11 is 0. The first-order chi connectivity index (χ1) is 23.6. The number of carbonyl (C=O) groups is 3. The molecular weight excluding hydrogens is 622 g/mol. The number of hydrogen-bond donors (Lipinski definition) is 2. The lowest BCUT2D eigenvalue weighted by molar-refractivity contribution is -0.248. The van der Waals surface area contributed by atoms with Gasteiger partial charge in [-0.1, -0.05) is 66.0 Å². The first kappa shape index (κ1) is 39.0. The highest BCUT2D eigenvalue weighted by molar-refractivity contribution is 5.86. The fourth-order valence-corrected chi connectivity index (χ4v) is 13.5. The maximum Gasteiger partial charge on any atom is 0.514 e. The summed E-state index contributed by atoms with van der Waals surface area (Å²) in [6.45, 7) is 22.1. The lowest BCUT2D eigenvalue weighted by Crippen LogP contribution is -2.67. The Labute approximate surface area is 303 Å². The highest BCUT2D eigenvalue weighted by atomic mass is 16.5. The van der Waals surface area contributed by atoms with Crippen LogP contribution in [0.25, 0.3) is 4.85 Å². The van der Waals surface area contributed by atoms with E-state index in [-0.39, 0.29) is 45.1 Å². The van der Waals surface area contributed by atoms with Gasteiger partial charge in [0, 0.05) is 30.3 Å². The summed E-state index contributed by atoms with van der Waals surface area (Å²) in [4.78, 5) is 42.1. The number of amides is 2. The van der Waals surface area contributed by atoms with E-state index in [1.54, 1.807) is 6.92 Å². The third-order valence-electron chi connectivity index (χ3n) is 16.1. The summed E-state index contributed by atoms with van der Waals surface area (Å²) in [5, 5.41) is 3.46. The molecule has 5 aliphatic rings. The molecule has 5 aliphatic carbocycles. The normalized spacial score (nSPS) is 39.8. The van der Waals surface area contributed by atoms with Gasteiger partial charge in [-0.3, -0.25) is 9.59 Å². The second-order valence-electron chi connectivity index (χ2n) is 18.8. The molecule has 0 aromatic rings.